The molecule has 166 valence electrons. The number of carbonyl (C=O) groups is 3. The number of nitrogens with one attached hydrogen (secondary N) is 2. The number of rotatable bonds is 5. The van der Waals surface area contributed by atoms with Crippen molar-refractivity contribution < 1.29 is 19.1 Å². The Morgan fingerprint density at radius 3 is 2.03 bits per heavy atom. The van der Waals surface area contributed by atoms with Crippen LogP contribution >= 0.6 is 0 Å². The lowest BCUT2D eigenvalue weighted by atomic mass is 10.1. The summed E-state index contributed by atoms with van der Waals surface area (Å²) in [6.07, 6.45) is 0. The standard InChI is InChI=1S/C27H24N2O4/c1-18(2)25(30)28-23-14-12-21(13-15-23)26(31)29-24-9-5-7-20(17-24)11-10-19-6-4-8-22(16-19)27(32)33-3/h4-9,12-18H,1-3H3,(H,28,30)(H,29,31). The zero-order valence-corrected chi connectivity index (χ0v) is 18.6. The van der Waals surface area contributed by atoms with Gasteiger partial charge >= 0.3 is 5.97 Å². The van der Waals surface area contributed by atoms with Gasteiger partial charge in [0.1, 0.15) is 0 Å². The summed E-state index contributed by atoms with van der Waals surface area (Å²) in [5.41, 5.74) is 3.53. The summed E-state index contributed by atoms with van der Waals surface area (Å²) in [6, 6.07) is 20.8. The van der Waals surface area contributed by atoms with Crippen molar-refractivity contribution in [1.29, 1.82) is 0 Å². The Morgan fingerprint density at radius 2 is 1.39 bits per heavy atom. The number of methoxy groups -OCH3 is 1. The Morgan fingerprint density at radius 1 is 0.758 bits per heavy atom. The fourth-order valence-electron chi connectivity index (χ4n) is 2.86. The first kappa shape index (κ1) is 23.3. The third kappa shape index (κ3) is 6.55. The van der Waals surface area contributed by atoms with Gasteiger partial charge in [0.25, 0.3) is 5.91 Å². The molecule has 0 radical (unpaired) electrons. The predicted octanol–water partition coefficient (Wildman–Crippen LogP) is 4.72. The van der Waals surface area contributed by atoms with Crippen LogP contribution in [0, 0.1) is 17.8 Å². The zero-order valence-electron chi connectivity index (χ0n) is 18.6. The zero-order chi connectivity index (χ0) is 23.8. The number of ether oxygens (including phenoxy) is 1. The molecule has 3 aromatic rings. The maximum Gasteiger partial charge on any atom is 0.337 e. The van der Waals surface area contributed by atoms with E-state index >= 15 is 0 Å². The molecule has 0 aliphatic heterocycles. The molecule has 33 heavy (non-hydrogen) atoms. The van der Waals surface area contributed by atoms with Crippen LogP contribution in [-0.4, -0.2) is 24.9 Å². The van der Waals surface area contributed by atoms with Gasteiger partial charge in [-0.25, -0.2) is 4.79 Å². The molecular formula is C27H24N2O4. The SMILES string of the molecule is COC(=O)c1cccc(C#Cc2cccc(NC(=O)c3ccc(NC(=O)C(C)C)cc3)c2)c1. The fourth-order valence-corrected chi connectivity index (χ4v) is 2.86. The van der Waals surface area contributed by atoms with Crippen LogP contribution in [0.1, 0.15) is 45.7 Å². The quantitative estimate of drug-likeness (QED) is 0.444. The molecule has 0 atom stereocenters. The Balaban J connectivity index is 1.68. The van der Waals surface area contributed by atoms with Gasteiger partial charge in [-0.3, -0.25) is 9.59 Å². The Hall–Kier alpha value is -4.37. The molecule has 2 N–H and O–H groups in total. The van der Waals surface area contributed by atoms with E-state index in [-0.39, 0.29) is 17.7 Å². The van der Waals surface area contributed by atoms with Crippen LogP contribution in [0.5, 0.6) is 0 Å². The second-order valence-corrected chi connectivity index (χ2v) is 7.58. The maximum absolute atomic E-state index is 12.6. The van der Waals surface area contributed by atoms with Gasteiger partial charge < -0.3 is 15.4 Å². The lowest BCUT2D eigenvalue weighted by molar-refractivity contribution is -0.118. The van der Waals surface area contributed by atoms with Crippen molar-refractivity contribution in [3.63, 3.8) is 0 Å². The normalized spacial score (nSPS) is 10.1. The van der Waals surface area contributed by atoms with Gasteiger partial charge in [-0.2, -0.15) is 0 Å². The van der Waals surface area contributed by atoms with Gasteiger partial charge in [0.05, 0.1) is 12.7 Å². The summed E-state index contributed by atoms with van der Waals surface area (Å²) in [5, 5.41) is 5.65. The van der Waals surface area contributed by atoms with Crippen LogP contribution in [0.2, 0.25) is 0 Å². The molecule has 0 saturated carbocycles. The average Bonchev–Trinajstić information content (AvgIpc) is 2.83. The van der Waals surface area contributed by atoms with Gasteiger partial charge in [0.15, 0.2) is 0 Å². The van der Waals surface area contributed by atoms with E-state index in [1.54, 1.807) is 66.7 Å². The minimum absolute atomic E-state index is 0.0813. The first-order valence-corrected chi connectivity index (χ1v) is 10.4. The third-order valence-corrected chi connectivity index (χ3v) is 4.69. The van der Waals surface area contributed by atoms with Gasteiger partial charge in [-0.05, 0) is 60.7 Å². The largest absolute Gasteiger partial charge is 0.465 e. The number of benzene rings is 3. The number of carbonyl (C=O) groups excluding carboxylic acids is 3. The molecule has 0 saturated heterocycles. The van der Waals surface area contributed by atoms with Crippen LogP contribution in [0.4, 0.5) is 11.4 Å². The topological polar surface area (TPSA) is 84.5 Å². The predicted molar refractivity (Wildman–Crippen MR) is 128 cm³/mol. The van der Waals surface area contributed by atoms with Crippen molar-refractivity contribution in [3.05, 3.63) is 95.1 Å². The van der Waals surface area contributed by atoms with E-state index < -0.39 is 5.97 Å². The second-order valence-electron chi connectivity index (χ2n) is 7.58. The smallest absolute Gasteiger partial charge is 0.337 e. The summed E-state index contributed by atoms with van der Waals surface area (Å²) < 4.78 is 4.73. The Bertz CT molecular complexity index is 1230. The monoisotopic (exact) mass is 440 g/mol. The molecule has 3 aromatic carbocycles. The molecule has 3 rings (SSSR count). The van der Waals surface area contributed by atoms with Crippen LogP contribution in [0.3, 0.4) is 0 Å². The molecule has 0 aliphatic rings. The van der Waals surface area contributed by atoms with E-state index in [9.17, 15) is 14.4 Å². The van der Waals surface area contributed by atoms with E-state index in [0.717, 1.165) is 0 Å². The molecule has 2 amide bonds. The fraction of sp³-hybridized carbons (Fsp3) is 0.148. The van der Waals surface area contributed by atoms with Crippen molar-refractivity contribution in [2.24, 2.45) is 5.92 Å². The highest BCUT2D eigenvalue weighted by Crippen LogP contribution is 2.15. The number of anilines is 2. The van der Waals surface area contributed by atoms with Gasteiger partial charge in [-0.1, -0.05) is 37.8 Å². The molecule has 0 unspecified atom stereocenters. The van der Waals surface area contributed by atoms with E-state index in [2.05, 4.69) is 22.5 Å². The van der Waals surface area contributed by atoms with Gasteiger partial charge in [-0.15, -0.1) is 0 Å². The first-order chi connectivity index (χ1) is 15.9. The average molecular weight is 440 g/mol. The third-order valence-electron chi connectivity index (χ3n) is 4.69. The van der Waals surface area contributed by atoms with E-state index in [1.165, 1.54) is 7.11 Å². The van der Waals surface area contributed by atoms with Crippen molar-refractivity contribution >= 4 is 29.2 Å². The molecular weight excluding hydrogens is 416 g/mol. The van der Waals surface area contributed by atoms with Crippen molar-refractivity contribution in [1.82, 2.24) is 0 Å². The lowest BCUT2D eigenvalue weighted by Crippen LogP contribution is -2.18. The van der Waals surface area contributed by atoms with Gasteiger partial charge in [0.2, 0.25) is 5.91 Å². The Labute approximate surface area is 193 Å². The highest BCUT2D eigenvalue weighted by molar-refractivity contribution is 6.04. The molecule has 0 fully saturated rings. The maximum atomic E-state index is 12.6. The molecule has 6 nitrogen and oxygen atoms in total. The summed E-state index contributed by atoms with van der Waals surface area (Å²) in [6.45, 7) is 3.63. The van der Waals surface area contributed by atoms with E-state index in [0.29, 0.717) is 33.6 Å². The molecule has 0 spiro atoms. The van der Waals surface area contributed by atoms with Crippen molar-refractivity contribution in [2.45, 2.75) is 13.8 Å². The molecule has 0 bridgehead atoms. The summed E-state index contributed by atoms with van der Waals surface area (Å²) >= 11 is 0. The lowest BCUT2D eigenvalue weighted by Gasteiger charge is -2.09. The number of esters is 1. The minimum Gasteiger partial charge on any atom is -0.465 e. The van der Waals surface area contributed by atoms with Crippen LogP contribution < -0.4 is 10.6 Å². The minimum atomic E-state index is -0.418. The highest BCUT2D eigenvalue weighted by atomic mass is 16.5. The van der Waals surface area contributed by atoms with Crippen LogP contribution in [0.25, 0.3) is 0 Å². The molecule has 6 heteroatoms. The second kappa shape index (κ2) is 10.8. The first-order valence-electron chi connectivity index (χ1n) is 10.4. The summed E-state index contributed by atoms with van der Waals surface area (Å²) in [4.78, 5) is 36.1. The van der Waals surface area contributed by atoms with Crippen molar-refractivity contribution in [3.8, 4) is 11.8 Å². The number of hydrogen-bond acceptors (Lipinski definition) is 4. The van der Waals surface area contributed by atoms with E-state index in [1.807, 2.05) is 19.9 Å². The molecule has 0 aliphatic carbocycles. The molecule has 0 aromatic heterocycles. The number of hydrogen-bond donors (Lipinski definition) is 2. The number of amides is 2. The van der Waals surface area contributed by atoms with E-state index in [4.69, 9.17) is 4.74 Å². The van der Waals surface area contributed by atoms with Crippen LogP contribution in [0.15, 0.2) is 72.8 Å². The highest BCUT2D eigenvalue weighted by Gasteiger charge is 2.09. The molecule has 0 heterocycles. The summed E-state index contributed by atoms with van der Waals surface area (Å²) in [5.74, 6) is 5.16. The van der Waals surface area contributed by atoms with Crippen molar-refractivity contribution in [2.75, 3.05) is 17.7 Å². The van der Waals surface area contributed by atoms with Gasteiger partial charge in [0, 0.05) is 34.0 Å². The summed E-state index contributed by atoms with van der Waals surface area (Å²) in [7, 11) is 1.33. The van der Waals surface area contributed by atoms with Crippen LogP contribution in [-0.2, 0) is 9.53 Å². The Kier molecular flexibility index (Phi) is 7.61.